The molecule has 8 N–H and O–H groups in total. The second-order valence-corrected chi connectivity index (χ2v) is 6.74. The van der Waals surface area contributed by atoms with Crippen LogP contribution in [0.25, 0.3) is 0 Å². The van der Waals surface area contributed by atoms with Gasteiger partial charge in [0.15, 0.2) is 12.5 Å². The van der Waals surface area contributed by atoms with Crippen LogP contribution in [0, 0.1) is 0 Å². The van der Waals surface area contributed by atoms with Crippen molar-refractivity contribution in [1.82, 2.24) is 0 Å². The largest absolute Gasteiger partial charge is 0.443 e. The molecule has 0 saturated carbocycles. The number of benzene rings is 1. The maximum absolute atomic E-state index is 12.1. The number of hydrogen-bond donors (Lipinski definition) is 4. The van der Waals surface area contributed by atoms with Crippen molar-refractivity contribution < 1.29 is 19.1 Å². The average molecular weight is 395 g/mol. The first-order valence-electron chi connectivity index (χ1n) is 9.91. The monoisotopic (exact) mass is 394 g/mol. The molecule has 0 aromatic heterocycles. The Morgan fingerprint density at radius 3 is 1.36 bits per heavy atom. The molecule has 0 aliphatic rings. The summed E-state index contributed by atoms with van der Waals surface area (Å²) < 4.78 is 10.4. The lowest BCUT2D eigenvalue weighted by Crippen LogP contribution is -2.27. The Morgan fingerprint density at radius 1 is 0.679 bits per heavy atom. The molecule has 28 heavy (non-hydrogen) atoms. The fraction of sp³-hybridized carbons (Fsp3) is 0.600. The second kappa shape index (κ2) is 14.1. The van der Waals surface area contributed by atoms with E-state index in [0.29, 0.717) is 37.1 Å². The fourth-order valence-electron chi connectivity index (χ4n) is 2.60. The summed E-state index contributed by atoms with van der Waals surface area (Å²) in [5.41, 5.74) is 23.1. The zero-order valence-electron chi connectivity index (χ0n) is 16.5. The van der Waals surface area contributed by atoms with Crippen LogP contribution in [0.15, 0.2) is 24.3 Å². The summed E-state index contributed by atoms with van der Waals surface area (Å²) in [4.78, 5) is 24.2. The van der Waals surface area contributed by atoms with Crippen LogP contribution in [0.5, 0.6) is 0 Å². The highest BCUT2D eigenvalue weighted by Crippen LogP contribution is 2.11. The predicted octanol–water partition coefficient (Wildman–Crippen LogP) is 1.61. The summed E-state index contributed by atoms with van der Waals surface area (Å²) in [6, 6.07) is 6.03. The standard InChI is InChI=1S/C20H34N4O4/c21-13-5-1-3-7-17(23)27-19(25)15-9-11-16(12-10-15)20(26)28-18(24)8-4-2-6-14-22/h9-12,17-18H,1-8,13-14,21-24H2. The first-order chi connectivity index (χ1) is 13.5. The van der Waals surface area contributed by atoms with Crippen molar-refractivity contribution in [3.05, 3.63) is 35.4 Å². The Hall–Kier alpha value is -2.00. The molecule has 8 heteroatoms. The van der Waals surface area contributed by atoms with E-state index in [2.05, 4.69) is 0 Å². The average Bonchev–Trinajstić information content (AvgIpc) is 2.68. The summed E-state index contributed by atoms with van der Waals surface area (Å²) in [6.45, 7) is 1.28. The molecule has 0 heterocycles. The van der Waals surface area contributed by atoms with Crippen LogP contribution in [0.4, 0.5) is 0 Å². The van der Waals surface area contributed by atoms with E-state index in [4.69, 9.17) is 32.4 Å². The summed E-state index contributed by atoms with van der Waals surface area (Å²) in [5, 5.41) is 0. The van der Waals surface area contributed by atoms with E-state index in [0.717, 1.165) is 38.5 Å². The molecule has 1 aromatic carbocycles. The van der Waals surface area contributed by atoms with Gasteiger partial charge in [0.1, 0.15) is 0 Å². The highest BCUT2D eigenvalue weighted by molar-refractivity contribution is 5.93. The summed E-state index contributed by atoms with van der Waals surface area (Å²) in [5.74, 6) is -1.05. The van der Waals surface area contributed by atoms with Gasteiger partial charge in [-0.25, -0.2) is 9.59 Å². The first kappa shape index (κ1) is 24.0. The third-order valence-corrected chi connectivity index (χ3v) is 4.26. The molecule has 0 aliphatic heterocycles. The third kappa shape index (κ3) is 9.80. The molecular weight excluding hydrogens is 360 g/mol. The van der Waals surface area contributed by atoms with Gasteiger partial charge in [0.25, 0.3) is 0 Å². The second-order valence-electron chi connectivity index (χ2n) is 6.74. The normalized spacial score (nSPS) is 13.0. The number of carbonyl (C=O) groups is 2. The van der Waals surface area contributed by atoms with Crippen molar-refractivity contribution in [2.75, 3.05) is 13.1 Å². The zero-order valence-corrected chi connectivity index (χ0v) is 16.5. The van der Waals surface area contributed by atoms with E-state index >= 15 is 0 Å². The molecule has 158 valence electrons. The lowest BCUT2D eigenvalue weighted by Gasteiger charge is -2.14. The molecule has 0 bridgehead atoms. The highest BCUT2D eigenvalue weighted by atomic mass is 16.6. The van der Waals surface area contributed by atoms with Crippen LogP contribution in [0.3, 0.4) is 0 Å². The summed E-state index contributed by atoms with van der Waals surface area (Å²) >= 11 is 0. The minimum atomic E-state index is -0.660. The zero-order chi connectivity index (χ0) is 20.8. The molecule has 2 atom stereocenters. The third-order valence-electron chi connectivity index (χ3n) is 4.26. The highest BCUT2D eigenvalue weighted by Gasteiger charge is 2.15. The van der Waals surface area contributed by atoms with E-state index < -0.39 is 24.4 Å². The number of hydrogen-bond acceptors (Lipinski definition) is 8. The predicted molar refractivity (Wildman–Crippen MR) is 108 cm³/mol. The van der Waals surface area contributed by atoms with E-state index in [-0.39, 0.29) is 0 Å². The fourth-order valence-corrected chi connectivity index (χ4v) is 2.60. The minimum Gasteiger partial charge on any atom is -0.443 e. The van der Waals surface area contributed by atoms with Gasteiger partial charge >= 0.3 is 11.9 Å². The smallest absolute Gasteiger partial charge is 0.339 e. The number of rotatable bonds is 14. The molecule has 0 aliphatic carbocycles. The van der Waals surface area contributed by atoms with Gasteiger partial charge in [-0.05, 0) is 75.9 Å². The lowest BCUT2D eigenvalue weighted by molar-refractivity contribution is 0.0276. The number of carbonyl (C=O) groups excluding carboxylic acids is 2. The maximum atomic E-state index is 12.1. The quantitative estimate of drug-likeness (QED) is 0.210. The molecule has 0 spiro atoms. The van der Waals surface area contributed by atoms with Crippen LogP contribution in [-0.4, -0.2) is 37.5 Å². The van der Waals surface area contributed by atoms with Crippen LogP contribution >= 0.6 is 0 Å². The van der Waals surface area contributed by atoms with Crippen molar-refractivity contribution in [3.63, 3.8) is 0 Å². The summed E-state index contributed by atoms with van der Waals surface area (Å²) in [6.07, 6.45) is 5.30. The van der Waals surface area contributed by atoms with Gasteiger partial charge in [0.2, 0.25) is 0 Å². The Balaban J connectivity index is 2.42. The Kier molecular flexibility index (Phi) is 12.1. The number of esters is 2. The van der Waals surface area contributed by atoms with Crippen LogP contribution < -0.4 is 22.9 Å². The van der Waals surface area contributed by atoms with Crippen molar-refractivity contribution in [2.45, 2.75) is 63.8 Å². The SMILES string of the molecule is NCCCCCC(N)OC(=O)c1ccc(C(=O)OC(N)CCCCCN)cc1. The molecule has 0 fully saturated rings. The molecule has 2 unspecified atom stereocenters. The number of ether oxygens (including phenoxy) is 2. The molecule has 0 radical (unpaired) electrons. The van der Waals surface area contributed by atoms with Crippen LogP contribution in [0.2, 0.25) is 0 Å². The van der Waals surface area contributed by atoms with Crippen LogP contribution in [0.1, 0.15) is 72.1 Å². The van der Waals surface area contributed by atoms with E-state index in [9.17, 15) is 9.59 Å². The molecule has 8 nitrogen and oxygen atoms in total. The Morgan fingerprint density at radius 2 is 1.04 bits per heavy atom. The molecule has 0 saturated heterocycles. The molecular formula is C20H34N4O4. The van der Waals surface area contributed by atoms with Gasteiger partial charge in [-0.1, -0.05) is 12.8 Å². The van der Waals surface area contributed by atoms with Gasteiger partial charge in [-0.15, -0.1) is 0 Å². The molecule has 1 rings (SSSR count). The van der Waals surface area contributed by atoms with E-state index in [1.807, 2.05) is 0 Å². The van der Waals surface area contributed by atoms with Crippen molar-refractivity contribution >= 4 is 11.9 Å². The topological polar surface area (TPSA) is 157 Å². The van der Waals surface area contributed by atoms with Gasteiger partial charge in [0.05, 0.1) is 11.1 Å². The van der Waals surface area contributed by atoms with E-state index in [1.165, 1.54) is 24.3 Å². The molecule has 0 amide bonds. The molecule has 1 aromatic rings. The first-order valence-corrected chi connectivity index (χ1v) is 9.91. The Bertz CT molecular complexity index is 529. The van der Waals surface area contributed by atoms with Crippen molar-refractivity contribution in [1.29, 1.82) is 0 Å². The van der Waals surface area contributed by atoms with Crippen molar-refractivity contribution in [3.8, 4) is 0 Å². The summed E-state index contributed by atoms with van der Waals surface area (Å²) in [7, 11) is 0. The van der Waals surface area contributed by atoms with Gasteiger partial charge in [-0.3, -0.25) is 11.5 Å². The van der Waals surface area contributed by atoms with Gasteiger partial charge < -0.3 is 20.9 Å². The minimum absolute atomic E-state index is 0.319. The van der Waals surface area contributed by atoms with Gasteiger partial charge in [-0.2, -0.15) is 0 Å². The maximum Gasteiger partial charge on any atom is 0.339 e. The van der Waals surface area contributed by atoms with Gasteiger partial charge in [0, 0.05) is 0 Å². The van der Waals surface area contributed by atoms with Crippen molar-refractivity contribution in [2.24, 2.45) is 22.9 Å². The van der Waals surface area contributed by atoms with Crippen LogP contribution in [-0.2, 0) is 9.47 Å². The lowest BCUT2D eigenvalue weighted by atomic mass is 10.1. The number of nitrogens with two attached hydrogens (primary N) is 4. The van der Waals surface area contributed by atoms with E-state index in [1.54, 1.807) is 0 Å². The number of unbranched alkanes of at least 4 members (excludes halogenated alkanes) is 4. The Labute approximate surface area is 166 Å².